The molecule has 0 aromatic heterocycles. The van der Waals surface area contributed by atoms with Gasteiger partial charge in [-0.05, 0) is 67.6 Å². The molecule has 0 spiro atoms. The van der Waals surface area contributed by atoms with Crippen LogP contribution in [0.3, 0.4) is 0 Å². The minimum atomic E-state index is -0.268. The van der Waals surface area contributed by atoms with Crippen LogP contribution >= 0.6 is 12.2 Å². The Morgan fingerprint density at radius 1 is 1.32 bits per heavy atom. The summed E-state index contributed by atoms with van der Waals surface area (Å²) in [5.41, 5.74) is 0.831. The van der Waals surface area contributed by atoms with Gasteiger partial charge in [0, 0.05) is 18.3 Å². The molecule has 0 amide bonds. The van der Waals surface area contributed by atoms with Gasteiger partial charge in [-0.1, -0.05) is 6.42 Å². The lowest BCUT2D eigenvalue weighted by atomic mass is 9.95. The normalized spacial score (nSPS) is 25.7. The van der Waals surface area contributed by atoms with Gasteiger partial charge in [0.1, 0.15) is 5.82 Å². The van der Waals surface area contributed by atoms with Gasteiger partial charge in [0.05, 0.1) is 12.5 Å². The third kappa shape index (κ3) is 3.22. The molecule has 3 nitrogen and oxygen atoms in total. The molecule has 3 atom stereocenters. The third-order valence-electron chi connectivity index (χ3n) is 4.88. The van der Waals surface area contributed by atoms with E-state index in [2.05, 4.69) is 11.4 Å². The maximum absolute atomic E-state index is 13.1. The molecule has 0 aliphatic heterocycles. The Bertz CT molecular complexity index is 581. The number of hydrogen-bond acceptors (Lipinski definition) is 2. The van der Waals surface area contributed by atoms with Gasteiger partial charge in [-0.3, -0.25) is 0 Å². The Balaban J connectivity index is 1.69. The number of benzene rings is 1. The molecular weight excluding hydrogens is 297 g/mol. The Morgan fingerprint density at radius 3 is 2.68 bits per heavy atom. The topological polar surface area (TPSA) is 39.1 Å². The number of fused-ring (bicyclic) bond motifs is 2. The molecule has 5 heteroatoms. The zero-order valence-electron chi connectivity index (χ0n) is 12.5. The smallest absolute Gasteiger partial charge is 0.173 e. The standard InChI is InChI=1S/C17H20FN3S/c18-14-4-6-15(7-5-14)21(9-1-8-19)17(22)20-16-11-12-2-3-13(16)10-12/h4-7,12-13,16H,1-3,9-11H2,(H,20,22)/t12-,13+,16+/m0/s1. The van der Waals surface area contributed by atoms with Crippen molar-refractivity contribution >= 4 is 23.0 Å². The second-order valence-corrected chi connectivity index (χ2v) is 6.65. The quantitative estimate of drug-likeness (QED) is 0.861. The summed E-state index contributed by atoms with van der Waals surface area (Å²) >= 11 is 5.57. The van der Waals surface area contributed by atoms with Crippen molar-refractivity contribution in [2.75, 3.05) is 11.4 Å². The molecule has 22 heavy (non-hydrogen) atoms. The summed E-state index contributed by atoms with van der Waals surface area (Å²) in [4.78, 5) is 1.91. The van der Waals surface area contributed by atoms with Crippen molar-refractivity contribution in [2.24, 2.45) is 11.8 Å². The highest BCUT2D eigenvalue weighted by atomic mass is 32.1. The van der Waals surface area contributed by atoms with Crippen LogP contribution in [-0.2, 0) is 0 Å². The molecule has 2 fully saturated rings. The number of nitrogens with zero attached hydrogens (tertiary/aromatic N) is 2. The number of anilines is 1. The number of thiocarbonyl (C=S) groups is 1. The monoisotopic (exact) mass is 317 g/mol. The van der Waals surface area contributed by atoms with Crippen LogP contribution in [0.1, 0.15) is 32.1 Å². The average Bonchev–Trinajstić information content (AvgIpc) is 3.12. The van der Waals surface area contributed by atoms with Gasteiger partial charge >= 0.3 is 0 Å². The van der Waals surface area contributed by atoms with Gasteiger partial charge in [0.25, 0.3) is 0 Å². The molecule has 2 saturated carbocycles. The lowest BCUT2D eigenvalue weighted by Gasteiger charge is -2.30. The lowest BCUT2D eigenvalue weighted by Crippen LogP contribution is -2.47. The summed E-state index contributed by atoms with van der Waals surface area (Å²) in [5, 5.41) is 13.0. The van der Waals surface area contributed by atoms with E-state index in [-0.39, 0.29) is 5.82 Å². The molecule has 0 unspecified atom stereocenters. The summed E-state index contributed by atoms with van der Waals surface area (Å²) < 4.78 is 13.1. The van der Waals surface area contributed by atoms with Gasteiger partial charge in [-0.25, -0.2) is 4.39 Å². The van der Waals surface area contributed by atoms with Gasteiger partial charge < -0.3 is 10.2 Å². The van der Waals surface area contributed by atoms with Crippen LogP contribution in [0.15, 0.2) is 24.3 Å². The molecule has 2 bridgehead atoms. The van der Waals surface area contributed by atoms with Crippen molar-refractivity contribution < 1.29 is 4.39 Å². The summed E-state index contributed by atoms with van der Waals surface area (Å²) in [6, 6.07) is 8.88. The summed E-state index contributed by atoms with van der Waals surface area (Å²) in [6.45, 7) is 0.523. The van der Waals surface area contributed by atoms with Crippen LogP contribution in [0.25, 0.3) is 0 Å². The first kappa shape index (κ1) is 15.2. The van der Waals surface area contributed by atoms with Crippen LogP contribution in [0.5, 0.6) is 0 Å². The van der Waals surface area contributed by atoms with Crippen LogP contribution in [0, 0.1) is 29.0 Å². The van der Waals surface area contributed by atoms with Crippen LogP contribution in [0.4, 0.5) is 10.1 Å². The fraction of sp³-hybridized carbons (Fsp3) is 0.529. The number of hydrogen-bond donors (Lipinski definition) is 1. The fourth-order valence-electron chi connectivity index (χ4n) is 3.79. The highest BCUT2D eigenvalue weighted by Gasteiger charge is 2.40. The molecule has 0 radical (unpaired) electrons. The molecule has 1 N–H and O–H groups in total. The Morgan fingerprint density at radius 2 is 2.09 bits per heavy atom. The zero-order chi connectivity index (χ0) is 15.5. The van der Waals surface area contributed by atoms with E-state index in [4.69, 9.17) is 17.5 Å². The molecule has 0 heterocycles. The van der Waals surface area contributed by atoms with Gasteiger partial charge in [-0.15, -0.1) is 0 Å². The Hall–Kier alpha value is -1.67. The first-order valence-corrected chi connectivity index (χ1v) is 8.28. The molecule has 1 aromatic rings. The number of halogens is 1. The SMILES string of the molecule is N#CCCN(C(=S)N[C@@H]1C[C@H]2CC[C@@H]1C2)c1ccc(F)cc1. The van der Waals surface area contributed by atoms with Crippen molar-refractivity contribution in [3.05, 3.63) is 30.1 Å². The Kier molecular flexibility index (Phi) is 4.58. The van der Waals surface area contributed by atoms with E-state index in [1.807, 2.05) is 4.90 Å². The summed E-state index contributed by atoms with van der Waals surface area (Å²) in [5.74, 6) is 1.31. The molecule has 2 aliphatic rings. The van der Waals surface area contributed by atoms with Gasteiger partial charge in [0.15, 0.2) is 5.11 Å². The second kappa shape index (κ2) is 6.62. The van der Waals surface area contributed by atoms with E-state index in [0.29, 0.717) is 24.1 Å². The second-order valence-electron chi connectivity index (χ2n) is 6.27. The predicted octanol–water partition coefficient (Wildman–Crippen LogP) is 3.61. The molecule has 0 saturated heterocycles. The largest absolute Gasteiger partial charge is 0.359 e. The minimum absolute atomic E-state index is 0.268. The Labute approximate surface area is 136 Å². The van der Waals surface area contributed by atoms with Crippen LogP contribution in [0.2, 0.25) is 0 Å². The fourth-order valence-corrected chi connectivity index (χ4v) is 4.14. The number of rotatable bonds is 4. The summed E-state index contributed by atoms with van der Waals surface area (Å²) in [7, 11) is 0. The van der Waals surface area contributed by atoms with E-state index in [0.717, 1.165) is 17.5 Å². The molecule has 2 aliphatic carbocycles. The molecule has 1 aromatic carbocycles. The first-order valence-electron chi connectivity index (χ1n) is 7.88. The number of nitrogens with one attached hydrogen (secondary N) is 1. The van der Waals surface area contributed by atoms with Crippen LogP contribution < -0.4 is 10.2 Å². The maximum atomic E-state index is 13.1. The minimum Gasteiger partial charge on any atom is -0.359 e. The van der Waals surface area contributed by atoms with E-state index in [1.54, 1.807) is 12.1 Å². The zero-order valence-corrected chi connectivity index (χ0v) is 13.3. The highest BCUT2D eigenvalue weighted by Crippen LogP contribution is 2.44. The molecular formula is C17H20FN3S. The van der Waals surface area contributed by atoms with E-state index >= 15 is 0 Å². The van der Waals surface area contributed by atoms with Crippen molar-refractivity contribution in [3.8, 4) is 6.07 Å². The lowest BCUT2D eigenvalue weighted by molar-refractivity contribution is 0.390. The van der Waals surface area contributed by atoms with E-state index < -0.39 is 0 Å². The molecule has 3 rings (SSSR count). The van der Waals surface area contributed by atoms with Crippen molar-refractivity contribution in [1.29, 1.82) is 5.26 Å². The first-order chi connectivity index (χ1) is 10.7. The third-order valence-corrected chi connectivity index (χ3v) is 5.22. The predicted molar refractivity (Wildman–Crippen MR) is 88.9 cm³/mol. The number of nitriles is 1. The van der Waals surface area contributed by atoms with Crippen LogP contribution in [-0.4, -0.2) is 17.7 Å². The van der Waals surface area contributed by atoms with Crippen molar-refractivity contribution in [3.63, 3.8) is 0 Å². The van der Waals surface area contributed by atoms with Gasteiger partial charge in [0.2, 0.25) is 0 Å². The van der Waals surface area contributed by atoms with Crippen molar-refractivity contribution in [1.82, 2.24) is 5.32 Å². The summed E-state index contributed by atoms with van der Waals surface area (Å²) in [6.07, 6.45) is 5.54. The molecule has 116 valence electrons. The highest BCUT2D eigenvalue weighted by molar-refractivity contribution is 7.80. The van der Waals surface area contributed by atoms with E-state index in [1.165, 1.54) is 37.8 Å². The van der Waals surface area contributed by atoms with E-state index in [9.17, 15) is 4.39 Å². The maximum Gasteiger partial charge on any atom is 0.173 e. The van der Waals surface area contributed by atoms with Crippen molar-refractivity contribution in [2.45, 2.75) is 38.1 Å². The van der Waals surface area contributed by atoms with Gasteiger partial charge in [-0.2, -0.15) is 5.26 Å². The average molecular weight is 317 g/mol.